The van der Waals surface area contributed by atoms with Crippen LogP contribution in [0.3, 0.4) is 0 Å². The normalized spacial score (nSPS) is 47.7. The number of allylic oxidation sites excluding steroid dienone is 2. The number of aliphatic hydroxyl groups excluding tert-OH is 1. The van der Waals surface area contributed by atoms with Crippen molar-refractivity contribution in [2.75, 3.05) is 0 Å². The Balaban J connectivity index is 1.69. The molecule has 0 aromatic heterocycles. The van der Waals surface area contributed by atoms with Crippen molar-refractivity contribution in [3.05, 3.63) is 23.3 Å². The number of fused-ring (bicyclic) bond motifs is 5. The second-order valence-electron chi connectivity index (χ2n) is 9.15. The van der Waals surface area contributed by atoms with E-state index in [9.17, 15) is 14.7 Å². The van der Waals surface area contributed by atoms with Crippen molar-refractivity contribution >= 4 is 11.8 Å². The lowest BCUT2D eigenvalue weighted by Crippen LogP contribution is -2.50. The van der Waals surface area contributed by atoms with E-state index in [1.165, 1.54) is 5.57 Å². The molecule has 4 rings (SSSR count). The van der Waals surface area contributed by atoms with E-state index >= 15 is 0 Å². The molecule has 3 fully saturated rings. The minimum atomic E-state index is -1.01. The number of hydrogen-bond donors (Lipinski definition) is 2. The third-order valence-corrected chi connectivity index (χ3v) is 8.02. The first-order valence-electron chi connectivity index (χ1n) is 9.61. The van der Waals surface area contributed by atoms with Crippen LogP contribution in [0.15, 0.2) is 23.3 Å². The molecule has 0 aromatic rings. The predicted molar refractivity (Wildman–Crippen MR) is 93.8 cm³/mol. The average Bonchev–Trinajstić information content (AvgIpc) is 2.79. The minimum Gasteiger partial charge on any atom is -0.478 e. The lowest BCUT2D eigenvalue weighted by molar-refractivity contribution is -0.133. The van der Waals surface area contributed by atoms with E-state index < -0.39 is 11.4 Å². The lowest BCUT2D eigenvalue weighted by atomic mass is 9.48. The van der Waals surface area contributed by atoms with Crippen molar-refractivity contribution in [3.63, 3.8) is 0 Å². The summed E-state index contributed by atoms with van der Waals surface area (Å²) in [6, 6.07) is 0. The third-order valence-electron chi connectivity index (χ3n) is 8.02. The van der Waals surface area contributed by atoms with E-state index in [4.69, 9.17) is 5.11 Å². The van der Waals surface area contributed by atoms with Gasteiger partial charge in [0.05, 0.1) is 6.10 Å². The fourth-order valence-electron chi connectivity index (χ4n) is 6.59. The maximum Gasteiger partial charge on any atom is 0.328 e. The SMILES string of the molecule is C[C@]12CC[C@H](O)CC1=CC[C@@H]1[C@@H]2CC[C@]2(C)C(=O)C(=CC(=O)O)C[C@@H]12. The Morgan fingerprint density at radius 2 is 1.88 bits per heavy atom. The van der Waals surface area contributed by atoms with Crippen LogP contribution in [0.2, 0.25) is 0 Å². The van der Waals surface area contributed by atoms with Crippen LogP contribution in [0.25, 0.3) is 0 Å². The van der Waals surface area contributed by atoms with E-state index in [0.29, 0.717) is 23.8 Å². The molecule has 0 unspecified atom stereocenters. The van der Waals surface area contributed by atoms with Gasteiger partial charge in [-0.1, -0.05) is 25.5 Å². The molecule has 4 aliphatic rings. The standard InChI is InChI=1S/C21H28O4/c1-20-7-5-14(22)11-13(20)3-4-15-16(20)6-8-21(2)17(15)9-12(19(21)25)10-18(23)24/h3,10,14-17,22H,4-9,11H2,1-2H3,(H,23,24)/t14-,15+,16-,17-,20-,21-/m0/s1. The molecule has 4 nitrogen and oxygen atoms in total. The van der Waals surface area contributed by atoms with Gasteiger partial charge in [-0.15, -0.1) is 0 Å². The lowest BCUT2D eigenvalue weighted by Gasteiger charge is -2.56. The summed E-state index contributed by atoms with van der Waals surface area (Å²) in [7, 11) is 0. The third kappa shape index (κ3) is 2.37. The van der Waals surface area contributed by atoms with E-state index in [-0.39, 0.29) is 23.2 Å². The largest absolute Gasteiger partial charge is 0.478 e. The first kappa shape index (κ1) is 17.0. The van der Waals surface area contributed by atoms with E-state index in [1.807, 2.05) is 0 Å². The Bertz CT molecular complexity index is 690. The number of rotatable bonds is 1. The second kappa shape index (κ2) is 5.54. The Hall–Kier alpha value is -1.42. The first-order chi connectivity index (χ1) is 11.8. The summed E-state index contributed by atoms with van der Waals surface area (Å²) in [5, 5.41) is 19.2. The fraction of sp³-hybridized carbons (Fsp3) is 0.714. The van der Waals surface area contributed by atoms with Crippen LogP contribution in [0.4, 0.5) is 0 Å². The van der Waals surface area contributed by atoms with E-state index in [2.05, 4.69) is 19.9 Å². The summed E-state index contributed by atoms with van der Waals surface area (Å²) in [6.07, 6.45) is 9.43. The molecule has 4 aliphatic carbocycles. The Morgan fingerprint density at radius 1 is 1.16 bits per heavy atom. The monoisotopic (exact) mass is 344 g/mol. The van der Waals surface area contributed by atoms with Crippen LogP contribution in [0.1, 0.15) is 58.8 Å². The number of ketones is 1. The van der Waals surface area contributed by atoms with Gasteiger partial charge in [0, 0.05) is 17.1 Å². The van der Waals surface area contributed by atoms with Gasteiger partial charge in [0.25, 0.3) is 0 Å². The highest BCUT2D eigenvalue weighted by Gasteiger charge is 2.59. The van der Waals surface area contributed by atoms with Gasteiger partial charge in [-0.3, -0.25) is 4.79 Å². The van der Waals surface area contributed by atoms with Crippen molar-refractivity contribution in [3.8, 4) is 0 Å². The van der Waals surface area contributed by atoms with Crippen molar-refractivity contribution in [2.24, 2.45) is 28.6 Å². The highest BCUT2D eigenvalue weighted by molar-refractivity contribution is 6.06. The number of hydrogen-bond acceptors (Lipinski definition) is 3. The van der Waals surface area contributed by atoms with Gasteiger partial charge < -0.3 is 10.2 Å². The molecule has 0 aromatic carbocycles. The highest BCUT2D eigenvalue weighted by Crippen LogP contribution is 2.64. The molecule has 0 heterocycles. The molecule has 6 atom stereocenters. The number of carbonyl (C=O) groups excluding carboxylic acids is 1. The predicted octanol–water partition coefficient (Wildman–Crippen LogP) is 3.50. The van der Waals surface area contributed by atoms with Crippen molar-refractivity contribution in [1.82, 2.24) is 0 Å². The van der Waals surface area contributed by atoms with Crippen LogP contribution in [-0.2, 0) is 9.59 Å². The maximum atomic E-state index is 12.9. The number of aliphatic hydroxyl groups is 1. The quantitative estimate of drug-likeness (QED) is 0.564. The summed E-state index contributed by atoms with van der Waals surface area (Å²) in [6.45, 7) is 4.42. The van der Waals surface area contributed by atoms with E-state index in [0.717, 1.165) is 44.6 Å². The fourth-order valence-corrected chi connectivity index (χ4v) is 6.59. The summed E-state index contributed by atoms with van der Waals surface area (Å²) in [5.74, 6) is 0.311. The number of carbonyl (C=O) groups is 2. The Kier molecular flexibility index (Phi) is 3.77. The van der Waals surface area contributed by atoms with Gasteiger partial charge in [-0.2, -0.15) is 0 Å². The van der Waals surface area contributed by atoms with Gasteiger partial charge in [-0.05, 0) is 68.1 Å². The number of carboxylic acid groups (broad SMARTS) is 1. The zero-order valence-electron chi connectivity index (χ0n) is 15.1. The molecule has 0 bridgehead atoms. The van der Waals surface area contributed by atoms with Crippen LogP contribution < -0.4 is 0 Å². The number of Topliss-reactive ketones (excluding diaryl/α,β-unsaturated/α-hetero) is 1. The minimum absolute atomic E-state index is 0.0670. The molecule has 0 radical (unpaired) electrons. The van der Waals surface area contributed by atoms with E-state index in [1.54, 1.807) is 0 Å². The van der Waals surface area contributed by atoms with Gasteiger partial charge in [0.1, 0.15) is 0 Å². The van der Waals surface area contributed by atoms with Gasteiger partial charge >= 0.3 is 5.97 Å². The molecule has 0 amide bonds. The van der Waals surface area contributed by atoms with Gasteiger partial charge in [0.15, 0.2) is 5.78 Å². The highest BCUT2D eigenvalue weighted by atomic mass is 16.4. The molecule has 136 valence electrons. The zero-order valence-corrected chi connectivity index (χ0v) is 15.1. The Morgan fingerprint density at radius 3 is 2.60 bits per heavy atom. The summed E-state index contributed by atoms with van der Waals surface area (Å²) in [4.78, 5) is 24.0. The van der Waals surface area contributed by atoms with Crippen LogP contribution >= 0.6 is 0 Å². The zero-order chi connectivity index (χ0) is 18.0. The van der Waals surface area contributed by atoms with Gasteiger partial charge in [0.2, 0.25) is 0 Å². The molecule has 3 saturated carbocycles. The maximum absolute atomic E-state index is 12.9. The summed E-state index contributed by atoms with van der Waals surface area (Å²) >= 11 is 0. The molecule has 0 saturated heterocycles. The van der Waals surface area contributed by atoms with Crippen molar-refractivity contribution < 1.29 is 19.8 Å². The molecule has 2 N–H and O–H groups in total. The molecule has 4 heteroatoms. The number of aliphatic carboxylic acids is 1. The number of carboxylic acids is 1. The van der Waals surface area contributed by atoms with Crippen LogP contribution in [0, 0.1) is 28.6 Å². The smallest absolute Gasteiger partial charge is 0.328 e. The molecule has 0 aliphatic heterocycles. The molecule has 25 heavy (non-hydrogen) atoms. The molecular formula is C21H28O4. The first-order valence-corrected chi connectivity index (χ1v) is 9.61. The summed E-state index contributed by atoms with van der Waals surface area (Å²) in [5.41, 5.74) is 1.69. The van der Waals surface area contributed by atoms with Crippen LogP contribution in [0.5, 0.6) is 0 Å². The van der Waals surface area contributed by atoms with Crippen molar-refractivity contribution in [1.29, 1.82) is 0 Å². The average molecular weight is 344 g/mol. The Labute approximate surface area is 149 Å². The summed E-state index contributed by atoms with van der Waals surface area (Å²) < 4.78 is 0. The molecular weight excluding hydrogens is 316 g/mol. The van der Waals surface area contributed by atoms with Gasteiger partial charge in [-0.25, -0.2) is 4.79 Å². The van der Waals surface area contributed by atoms with Crippen molar-refractivity contribution in [2.45, 2.75) is 64.9 Å². The molecule has 0 spiro atoms. The van der Waals surface area contributed by atoms with Crippen LogP contribution in [-0.4, -0.2) is 28.1 Å². The topological polar surface area (TPSA) is 74.6 Å². The second-order valence-corrected chi connectivity index (χ2v) is 9.15.